The molecular weight excluding hydrogens is 152 g/mol. The van der Waals surface area contributed by atoms with Crippen molar-refractivity contribution in [1.82, 2.24) is 0 Å². The van der Waals surface area contributed by atoms with Gasteiger partial charge in [-0.05, 0) is 24.1 Å². The fraction of sp³-hybridized carbons (Fsp3) is 0.300. The molecule has 0 aliphatic heterocycles. The number of aryl methyl sites for hydroxylation is 1. The van der Waals surface area contributed by atoms with Crippen LogP contribution in [0, 0.1) is 0 Å². The smallest absolute Gasteiger partial charge is 0.150 e. The molecule has 0 atom stereocenters. The van der Waals surface area contributed by atoms with Crippen LogP contribution in [0.2, 0.25) is 0 Å². The first kappa shape index (κ1) is 8.78. The van der Waals surface area contributed by atoms with Gasteiger partial charge in [0, 0.05) is 5.56 Å². The summed E-state index contributed by atoms with van der Waals surface area (Å²) in [5, 5.41) is 0. The van der Waals surface area contributed by atoms with E-state index in [1.807, 2.05) is 19.1 Å². The minimum Gasteiger partial charge on any atom is -0.497 e. The third kappa shape index (κ3) is 1.64. The fourth-order valence-electron chi connectivity index (χ4n) is 1.13. The summed E-state index contributed by atoms with van der Waals surface area (Å²) in [6.45, 7) is 2.02. The van der Waals surface area contributed by atoms with Crippen molar-refractivity contribution in [2.24, 2.45) is 0 Å². The second-order valence-electron chi connectivity index (χ2n) is 2.54. The average molecular weight is 164 g/mol. The average Bonchev–Trinajstić information content (AvgIpc) is 2.16. The SMILES string of the molecule is CCc1ccc(OC)cc1C=O. The summed E-state index contributed by atoms with van der Waals surface area (Å²) in [6, 6.07) is 5.54. The highest BCUT2D eigenvalue weighted by Crippen LogP contribution is 2.16. The van der Waals surface area contributed by atoms with Gasteiger partial charge in [0.05, 0.1) is 7.11 Å². The number of rotatable bonds is 3. The molecule has 1 rings (SSSR count). The Kier molecular flexibility index (Phi) is 2.86. The molecule has 1 aromatic carbocycles. The van der Waals surface area contributed by atoms with E-state index in [0.29, 0.717) is 0 Å². The number of benzene rings is 1. The first-order chi connectivity index (χ1) is 5.81. The molecule has 0 spiro atoms. The van der Waals surface area contributed by atoms with E-state index in [0.717, 1.165) is 29.6 Å². The van der Waals surface area contributed by atoms with E-state index in [1.54, 1.807) is 13.2 Å². The van der Waals surface area contributed by atoms with Crippen molar-refractivity contribution in [3.05, 3.63) is 29.3 Å². The van der Waals surface area contributed by atoms with Crippen molar-refractivity contribution >= 4 is 6.29 Å². The number of aldehydes is 1. The molecule has 0 unspecified atom stereocenters. The number of carbonyl (C=O) groups excluding carboxylic acids is 1. The van der Waals surface area contributed by atoms with Gasteiger partial charge in [-0.1, -0.05) is 13.0 Å². The number of carbonyl (C=O) groups is 1. The first-order valence-electron chi connectivity index (χ1n) is 3.94. The Morgan fingerprint density at radius 3 is 2.75 bits per heavy atom. The van der Waals surface area contributed by atoms with Gasteiger partial charge < -0.3 is 4.74 Å². The molecule has 0 radical (unpaired) electrons. The highest BCUT2D eigenvalue weighted by molar-refractivity contribution is 5.78. The highest BCUT2D eigenvalue weighted by atomic mass is 16.5. The molecular formula is C10H12O2. The second kappa shape index (κ2) is 3.90. The number of hydrogen-bond acceptors (Lipinski definition) is 2. The summed E-state index contributed by atoms with van der Waals surface area (Å²) < 4.78 is 5.00. The molecule has 0 aliphatic carbocycles. The van der Waals surface area contributed by atoms with Crippen molar-refractivity contribution in [3.63, 3.8) is 0 Å². The van der Waals surface area contributed by atoms with Gasteiger partial charge >= 0.3 is 0 Å². The molecule has 2 nitrogen and oxygen atoms in total. The van der Waals surface area contributed by atoms with E-state index < -0.39 is 0 Å². The van der Waals surface area contributed by atoms with Crippen LogP contribution in [0.3, 0.4) is 0 Å². The van der Waals surface area contributed by atoms with Crippen LogP contribution >= 0.6 is 0 Å². The molecule has 0 N–H and O–H groups in total. The summed E-state index contributed by atoms with van der Waals surface area (Å²) >= 11 is 0. The number of methoxy groups -OCH3 is 1. The van der Waals surface area contributed by atoms with Crippen molar-refractivity contribution in [2.75, 3.05) is 7.11 Å². The molecule has 0 heterocycles. The van der Waals surface area contributed by atoms with Crippen molar-refractivity contribution in [1.29, 1.82) is 0 Å². The third-order valence-corrected chi connectivity index (χ3v) is 1.86. The van der Waals surface area contributed by atoms with Gasteiger partial charge in [0.25, 0.3) is 0 Å². The Hall–Kier alpha value is -1.31. The van der Waals surface area contributed by atoms with Crippen molar-refractivity contribution in [3.8, 4) is 5.75 Å². The van der Waals surface area contributed by atoms with Crippen molar-refractivity contribution in [2.45, 2.75) is 13.3 Å². The Morgan fingerprint density at radius 2 is 2.25 bits per heavy atom. The van der Waals surface area contributed by atoms with Gasteiger partial charge in [-0.25, -0.2) is 0 Å². The summed E-state index contributed by atoms with van der Waals surface area (Å²) in [5.41, 5.74) is 1.78. The molecule has 0 amide bonds. The van der Waals surface area contributed by atoms with Gasteiger partial charge in [-0.2, -0.15) is 0 Å². The van der Waals surface area contributed by atoms with Crippen LogP contribution in [-0.2, 0) is 6.42 Å². The lowest BCUT2D eigenvalue weighted by Gasteiger charge is -2.03. The second-order valence-corrected chi connectivity index (χ2v) is 2.54. The first-order valence-corrected chi connectivity index (χ1v) is 3.94. The normalized spacial score (nSPS) is 9.50. The Morgan fingerprint density at radius 1 is 1.50 bits per heavy atom. The maximum Gasteiger partial charge on any atom is 0.150 e. The van der Waals surface area contributed by atoms with Crippen molar-refractivity contribution < 1.29 is 9.53 Å². The molecule has 1 aromatic rings. The lowest BCUT2D eigenvalue weighted by atomic mass is 10.1. The predicted octanol–water partition coefficient (Wildman–Crippen LogP) is 2.07. The molecule has 0 bridgehead atoms. The van der Waals surface area contributed by atoms with Crippen LogP contribution in [0.15, 0.2) is 18.2 Å². The van der Waals surface area contributed by atoms with E-state index in [1.165, 1.54) is 0 Å². The minimum absolute atomic E-state index is 0.719. The monoisotopic (exact) mass is 164 g/mol. The number of ether oxygens (including phenoxy) is 1. The largest absolute Gasteiger partial charge is 0.497 e. The van der Waals surface area contributed by atoms with Crippen LogP contribution in [0.25, 0.3) is 0 Å². The molecule has 0 fully saturated rings. The fourth-order valence-corrected chi connectivity index (χ4v) is 1.13. The zero-order chi connectivity index (χ0) is 8.97. The highest BCUT2D eigenvalue weighted by Gasteiger charge is 2.00. The molecule has 0 saturated heterocycles. The molecule has 0 aliphatic rings. The lowest BCUT2D eigenvalue weighted by molar-refractivity contribution is 0.112. The maximum atomic E-state index is 10.6. The van der Waals surface area contributed by atoms with Crippen LogP contribution in [0.1, 0.15) is 22.8 Å². The Bertz CT molecular complexity index is 279. The van der Waals surface area contributed by atoms with E-state index in [9.17, 15) is 4.79 Å². The molecule has 12 heavy (non-hydrogen) atoms. The third-order valence-electron chi connectivity index (χ3n) is 1.86. The van der Waals surface area contributed by atoms with E-state index >= 15 is 0 Å². The molecule has 64 valence electrons. The quantitative estimate of drug-likeness (QED) is 0.639. The maximum absolute atomic E-state index is 10.6. The molecule has 2 heteroatoms. The van der Waals surface area contributed by atoms with Gasteiger partial charge in [-0.15, -0.1) is 0 Å². The summed E-state index contributed by atoms with van der Waals surface area (Å²) in [7, 11) is 1.59. The van der Waals surface area contributed by atoms with Gasteiger partial charge in [0.1, 0.15) is 12.0 Å². The van der Waals surface area contributed by atoms with Gasteiger partial charge in [0.15, 0.2) is 0 Å². The number of hydrogen-bond donors (Lipinski definition) is 0. The Balaban J connectivity index is 3.10. The van der Waals surface area contributed by atoms with E-state index in [-0.39, 0.29) is 0 Å². The van der Waals surface area contributed by atoms with Gasteiger partial charge in [0.2, 0.25) is 0 Å². The topological polar surface area (TPSA) is 26.3 Å². The summed E-state index contributed by atoms with van der Waals surface area (Å²) in [4.78, 5) is 10.6. The van der Waals surface area contributed by atoms with Crippen LogP contribution < -0.4 is 4.74 Å². The standard InChI is InChI=1S/C10H12O2/c1-3-8-4-5-10(12-2)6-9(8)7-11/h4-7H,3H2,1-2H3. The molecule has 0 aromatic heterocycles. The van der Waals surface area contributed by atoms with E-state index in [2.05, 4.69) is 0 Å². The Labute approximate surface area is 72.2 Å². The van der Waals surface area contributed by atoms with Crippen LogP contribution in [0.5, 0.6) is 5.75 Å². The summed E-state index contributed by atoms with van der Waals surface area (Å²) in [6.07, 6.45) is 1.74. The zero-order valence-electron chi connectivity index (χ0n) is 7.33. The van der Waals surface area contributed by atoms with Gasteiger partial charge in [-0.3, -0.25) is 4.79 Å². The van der Waals surface area contributed by atoms with Crippen LogP contribution in [0.4, 0.5) is 0 Å². The predicted molar refractivity (Wildman–Crippen MR) is 47.8 cm³/mol. The lowest BCUT2D eigenvalue weighted by Crippen LogP contribution is -1.92. The molecule has 0 saturated carbocycles. The zero-order valence-corrected chi connectivity index (χ0v) is 7.33. The minimum atomic E-state index is 0.719. The van der Waals surface area contributed by atoms with E-state index in [4.69, 9.17) is 4.74 Å². The van der Waals surface area contributed by atoms with Crippen LogP contribution in [-0.4, -0.2) is 13.4 Å². The summed E-state index contributed by atoms with van der Waals surface area (Å²) in [5.74, 6) is 0.731.